The summed E-state index contributed by atoms with van der Waals surface area (Å²) in [5.74, 6) is -1.04. The molecule has 0 aliphatic heterocycles. The minimum absolute atomic E-state index is 0.0897. The first-order valence-electron chi connectivity index (χ1n) is 7.82. The number of halogens is 3. The summed E-state index contributed by atoms with van der Waals surface area (Å²) >= 11 is 0. The molecule has 1 heterocycles. The maximum absolute atomic E-state index is 13.0. The molecule has 120 valence electrons. The molecule has 0 radical (unpaired) electrons. The zero-order valence-electron chi connectivity index (χ0n) is 12.5. The van der Waals surface area contributed by atoms with E-state index in [1.54, 1.807) is 12.5 Å². The zero-order valence-corrected chi connectivity index (χ0v) is 12.5. The quantitative estimate of drug-likeness (QED) is 0.833. The highest BCUT2D eigenvalue weighted by atomic mass is 19.4. The summed E-state index contributed by atoms with van der Waals surface area (Å²) in [5.41, 5.74) is 1.05. The minimum atomic E-state index is -4.05. The van der Waals surface area contributed by atoms with Crippen LogP contribution in [-0.4, -0.2) is 18.8 Å². The standard InChI is InChI=1S/C16H24F3NO/c1-2-7-20-15(9-12-6-8-21-11-12)13-4-3-5-14(10-13)16(17,18)19/h6,8,11,13-15,20H,2-5,7,9-10H2,1H3. The lowest BCUT2D eigenvalue weighted by Gasteiger charge is -2.36. The highest BCUT2D eigenvalue weighted by Crippen LogP contribution is 2.41. The number of furan rings is 1. The molecule has 2 nitrogen and oxygen atoms in total. The number of rotatable bonds is 6. The number of nitrogens with one attached hydrogen (secondary N) is 1. The van der Waals surface area contributed by atoms with Crippen molar-refractivity contribution in [3.63, 3.8) is 0 Å². The largest absolute Gasteiger partial charge is 0.472 e. The molecule has 0 spiro atoms. The van der Waals surface area contributed by atoms with Gasteiger partial charge in [0.1, 0.15) is 0 Å². The molecule has 1 fully saturated rings. The summed E-state index contributed by atoms with van der Waals surface area (Å²) < 4.78 is 44.0. The van der Waals surface area contributed by atoms with E-state index in [0.29, 0.717) is 6.42 Å². The maximum Gasteiger partial charge on any atom is 0.391 e. The molecule has 0 amide bonds. The van der Waals surface area contributed by atoms with Gasteiger partial charge in [-0.3, -0.25) is 0 Å². The average Bonchev–Trinajstić information content (AvgIpc) is 2.95. The topological polar surface area (TPSA) is 25.2 Å². The van der Waals surface area contributed by atoms with Gasteiger partial charge in [-0.1, -0.05) is 13.3 Å². The van der Waals surface area contributed by atoms with E-state index < -0.39 is 12.1 Å². The third kappa shape index (κ3) is 4.77. The van der Waals surface area contributed by atoms with Crippen LogP contribution in [0.5, 0.6) is 0 Å². The molecule has 1 aliphatic rings. The molecule has 2 rings (SSSR count). The van der Waals surface area contributed by atoms with Crippen LogP contribution in [0.3, 0.4) is 0 Å². The summed E-state index contributed by atoms with van der Waals surface area (Å²) in [6.07, 6.45) is 3.06. The molecule has 1 saturated carbocycles. The first-order chi connectivity index (χ1) is 10.0. The minimum Gasteiger partial charge on any atom is -0.472 e. The van der Waals surface area contributed by atoms with Gasteiger partial charge in [-0.05, 0) is 56.2 Å². The van der Waals surface area contributed by atoms with E-state index in [0.717, 1.165) is 31.4 Å². The van der Waals surface area contributed by atoms with Gasteiger partial charge in [0.05, 0.1) is 18.4 Å². The Hall–Kier alpha value is -0.970. The van der Waals surface area contributed by atoms with Crippen molar-refractivity contribution in [1.29, 1.82) is 0 Å². The van der Waals surface area contributed by atoms with Crippen LogP contribution in [0.2, 0.25) is 0 Å². The summed E-state index contributed by atoms with van der Waals surface area (Å²) in [6.45, 7) is 2.91. The lowest BCUT2D eigenvalue weighted by atomic mass is 9.76. The molecule has 0 saturated heterocycles. The van der Waals surface area contributed by atoms with Crippen molar-refractivity contribution in [2.24, 2.45) is 11.8 Å². The fourth-order valence-electron chi connectivity index (χ4n) is 3.29. The highest BCUT2D eigenvalue weighted by Gasteiger charge is 2.43. The lowest BCUT2D eigenvalue weighted by Crippen LogP contribution is -2.42. The Kier molecular flexibility index (Phi) is 5.73. The van der Waals surface area contributed by atoms with Crippen molar-refractivity contribution in [3.05, 3.63) is 24.2 Å². The molecule has 21 heavy (non-hydrogen) atoms. The average molecular weight is 303 g/mol. The Morgan fingerprint density at radius 1 is 1.38 bits per heavy atom. The maximum atomic E-state index is 13.0. The SMILES string of the molecule is CCCNC(Cc1ccoc1)C1CCCC(C(F)(F)F)C1. The third-order valence-corrected chi connectivity index (χ3v) is 4.44. The zero-order chi connectivity index (χ0) is 15.3. The number of hydrogen-bond acceptors (Lipinski definition) is 2. The van der Waals surface area contributed by atoms with E-state index >= 15 is 0 Å². The smallest absolute Gasteiger partial charge is 0.391 e. The molecule has 1 aliphatic carbocycles. The van der Waals surface area contributed by atoms with Crippen LogP contribution in [0.25, 0.3) is 0 Å². The van der Waals surface area contributed by atoms with Crippen LogP contribution >= 0.6 is 0 Å². The fraction of sp³-hybridized carbons (Fsp3) is 0.750. The Bertz CT molecular complexity index is 402. The number of hydrogen-bond donors (Lipinski definition) is 1. The van der Waals surface area contributed by atoms with Gasteiger partial charge in [0.2, 0.25) is 0 Å². The first kappa shape index (κ1) is 16.4. The van der Waals surface area contributed by atoms with Gasteiger partial charge in [-0.15, -0.1) is 0 Å². The van der Waals surface area contributed by atoms with Crippen LogP contribution in [0, 0.1) is 11.8 Å². The van der Waals surface area contributed by atoms with E-state index in [2.05, 4.69) is 12.2 Å². The molecular formula is C16H24F3NO. The molecule has 1 N–H and O–H groups in total. The Morgan fingerprint density at radius 3 is 2.81 bits per heavy atom. The van der Waals surface area contributed by atoms with Crippen molar-refractivity contribution in [1.82, 2.24) is 5.32 Å². The van der Waals surface area contributed by atoms with Gasteiger partial charge in [-0.2, -0.15) is 13.2 Å². The second-order valence-electron chi connectivity index (χ2n) is 6.06. The molecule has 3 unspecified atom stereocenters. The van der Waals surface area contributed by atoms with E-state index in [4.69, 9.17) is 4.42 Å². The van der Waals surface area contributed by atoms with Gasteiger partial charge in [0.25, 0.3) is 0 Å². The Balaban J connectivity index is 2.01. The molecular weight excluding hydrogens is 279 g/mol. The first-order valence-corrected chi connectivity index (χ1v) is 7.82. The van der Waals surface area contributed by atoms with Crippen LogP contribution in [0.4, 0.5) is 13.2 Å². The van der Waals surface area contributed by atoms with E-state index in [1.807, 2.05) is 6.07 Å². The van der Waals surface area contributed by atoms with Crippen LogP contribution in [-0.2, 0) is 6.42 Å². The molecule has 3 atom stereocenters. The summed E-state index contributed by atoms with van der Waals surface area (Å²) in [7, 11) is 0. The van der Waals surface area contributed by atoms with Gasteiger partial charge in [-0.25, -0.2) is 0 Å². The van der Waals surface area contributed by atoms with Crippen LogP contribution < -0.4 is 5.32 Å². The van der Waals surface area contributed by atoms with Crippen LogP contribution in [0.1, 0.15) is 44.6 Å². The second-order valence-corrected chi connectivity index (χ2v) is 6.06. The Labute approximate surface area is 124 Å². The molecule has 0 aromatic carbocycles. The monoisotopic (exact) mass is 303 g/mol. The highest BCUT2D eigenvalue weighted by molar-refractivity contribution is 5.08. The molecule has 1 aromatic heterocycles. The predicted molar refractivity (Wildman–Crippen MR) is 76.0 cm³/mol. The molecule has 5 heteroatoms. The van der Waals surface area contributed by atoms with Gasteiger partial charge < -0.3 is 9.73 Å². The van der Waals surface area contributed by atoms with E-state index in [9.17, 15) is 13.2 Å². The van der Waals surface area contributed by atoms with Gasteiger partial charge in [0.15, 0.2) is 0 Å². The van der Waals surface area contributed by atoms with Crippen molar-refractivity contribution in [2.45, 2.75) is 57.7 Å². The molecule has 0 bridgehead atoms. The summed E-state index contributed by atoms with van der Waals surface area (Å²) in [6, 6.07) is 2.00. The van der Waals surface area contributed by atoms with Crippen molar-refractivity contribution in [2.75, 3.05) is 6.54 Å². The van der Waals surface area contributed by atoms with Crippen molar-refractivity contribution in [3.8, 4) is 0 Å². The van der Waals surface area contributed by atoms with E-state index in [1.165, 1.54) is 0 Å². The van der Waals surface area contributed by atoms with E-state index in [-0.39, 0.29) is 24.8 Å². The predicted octanol–water partition coefficient (Wildman–Crippen LogP) is 4.56. The third-order valence-electron chi connectivity index (χ3n) is 4.44. The van der Waals surface area contributed by atoms with Crippen LogP contribution in [0.15, 0.2) is 23.0 Å². The molecule has 1 aromatic rings. The summed E-state index contributed by atoms with van der Waals surface area (Å²) in [5, 5.41) is 3.44. The fourth-order valence-corrected chi connectivity index (χ4v) is 3.29. The van der Waals surface area contributed by atoms with Crippen molar-refractivity contribution < 1.29 is 17.6 Å². The normalized spacial score (nSPS) is 25.0. The lowest BCUT2D eigenvalue weighted by molar-refractivity contribution is -0.186. The number of alkyl halides is 3. The van der Waals surface area contributed by atoms with Gasteiger partial charge >= 0.3 is 6.18 Å². The van der Waals surface area contributed by atoms with Gasteiger partial charge in [0, 0.05) is 6.04 Å². The Morgan fingerprint density at radius 2 is 2.19 bits per heavy atom. The van der Waals surface area contributed by atoms with Crippen molar-refractivity contribution >= 4 is 0 Å². The summed E-state index contributed by atoms with van der Waals surface area (Å²) in [4.78, 5) is 0. The second kappa shape index (κ2) is 7.34.